The van der Waals surface area contributed by atoms with Crippen LogP contribution >= 0.6 is 11.3 Å². The third kappa shape index (κ3) is 3.52. The number of ether oxygens (including phenoxy) is 1. The van der Waals surface area contributed by atoms with Crippen LogP contribution < -0.4 is 10.1 Å². The summed E-state index contributed by atoms with van der Waals surface area (Å²) < 4.78 is 6.85. The first-order valence-electron chi connectivity index (χ1n) is 8.31. The van der Waals surface area contributed by atoms with Crippen molar-refractivity contribution < 1.29 is 9.53 Å². The van der Waals surface area contributed by atoms with E-state index in [1.165, 1.54) is 4.88 Å². The van der Waals surface area contributed by atoms with Gasteiger partial charge in [-0.15, -0.1) is 11.3 Å². The molecule has 0 aliphatic carbocycles. The van der Waals surface area contributed by atoms with Crippen LogP contribution in [0.2, 0.25) is 0 Å². The molecular weight excluding hydrogens is 362 g/mol. The van der Waals surface area contributed by atoms with E-state index in [1.54, 1.807) is 49.0 Å². The molecule has 4 heterocycles. The predicted octanol–water partition coefficient (Wildman–Crippen LogP) is 3.51. The third-order valence-electron chi connectivity index (χ3n) is 4.07. The van der Waals surface area contributed by atoms with Gasteiger partial charge in [-0.3, -0.25) is 4.79 Å². The van der Waals surface area contributed by atoms with Gasteiger partial charge in [0.1, 0.15) is 0 Å². The summed E-state index contributed by atoms with van der Waals surface area (Å²) in [5, 5.41) is 10.0. The molecule has 0 saturated carbocycles. The zero-order valence-electron chi connectivity index (χ0n) is 14.8. The van der Waals surface area contributed by atoms with Crippen molar-refractivity contribution >= 4 is 34.0 Å². The molecule has 0 aliphatic heterocycles. The molecule has 0 aromatic carbocycles. The molecule has 4 aromatic heterocycles. The Hall–Kier alpha value is -3.26. The second-order valence-electron chi connectivity index (χ2n) is 5.97. The Kier molecular flexibility index (Phi) is 4.55. The predicted molar refractivity (Wildman–Crippen MR) is 104 cm³/mol. The lowest BCUT2D eigenvalue weighted by Crippen LogP contribution is -2.13. The van der Waals surface area contributed by atoms with Crippen LogP contribution in [0.25, 0.3) is 11.0 Å². The van der Waals surface area contributed by atoms with Gasteiger partial charge in [-0.1, -0.05) is 6.07 Å². The number of hydrogen-bond acceptors (Lipinski definition) is 6. The molecule has 0 atom stereocenters. The summed E-state index contributed by atoms with van der Waals surface area (Å²) in [5.41, 5.74) is 2.58. The van der Waals surface area contributed by atoms with Gasteiger partial charge in [-0.05, 0) is 30.5 Å². The van der Waals surface area contributed by atoms with Crippen molar-refractivity contribution in [1.82, 2.24) is 19.7 Å². The Morgan fingerprint density at radius 1 is 1.30 bits per heavy atom. The third-order valence-corrected chi connectivity index (χ3v) is 4.93. The standard InChI is InChI=1S/C19H17N5O2S/c1-12-8-15(19(25)23-13-5-6-17(26-2)20-9-13)16-10-21-24(18(16)22-12)11-14-4-3-7-27-14/h3-10H,11H2,1-2H3,(H,23,25). The first kappa shape index (κ1) is 17.2. The van der Waals surface area contributed by atoms with Crippen LogP contribution in [0.3, 0.4) is 0 Å². The molecule has 136 valence electrons. The monoisotopic (exact) mass is 379 g/mol. The van der Waals surface area contributed by atoms with Crippen LogP contribution in [0.5, 0.6) is 5.88 Å². The van der Waals surface area contributed by atoms with E-state index in [4.69, 9.17) is 4.74 Å². The molecule has 0 saturated heterocycles. The summed E-state index contributed by atoms with van der Waals surface area (Å²) in [7, 11) is 1.55. The number of amides is 1. The van der Waals surface area contributed by atoms with Crippen LogP contribution in [0.1, 0.15) is 20.9 Å². The fourth-order valence-corrected chi connectivity index (χ4v) is 3.49. The number of nitrogens with zero attached hydrogens (tertiary/aromatic N) is 4. The lowest BCUT2D eigenvalue weighted by molar-refractivity contribution is 0.102. The fourth-order valence-electron chi connectivity index (χ4n) is 2.80. The fraction of sp³-hybridized carbons (Fsp3) is 0.158. The van der Waals surface area contributed by atoms with E-state index < -0.39 is 0 Å². The van der Waals surface area contributed by atoms with Crippen molar-refractivity contribution in [2.45, 2.75) is 13.5 Å². The summed E-state index contributed by atoms with van der Waals surface area (Å²) in [6.45, 7) is 2.49. The molecule has 0 spiro atoms. The average Bonchev–Trinajstić information content (AvgIpc) is 3.32. The quantitative estimate of drug-likeness (QED) is 0.574. The van der Waals surface area contributed by atoms with Gasteiger partial charge >= 0.3 is 0 Å². The zero-order chi connectivity index (χ0) is 18.8. The van der Waals surface area contributed by atoms with Crippen LogP contribution in [-0.2, 0) is 6.54 Å². The maximum absolute atomic E-state index is 12.8. The first-order chi connectivity index (χ1) is 13.1. The van der Waals surface area contributed by atoms with Crippen molar-refractivity contribution in [3.05, 3.63) is 64.2 Å². The molecule has 1 amide bonds. The van der Waals surface area contributed by atoms with Gasteiger partial charge in [0.25, 0.3) is 5.91 Å². The normalized spacial score (nSPS) is 10.9. The Labute approximate surface area is 159 Å². The van der Waals surface area contributed by atoms with E-state index in [2.05, 4.69) is 26.4 Å². The Morgan fingerprint density at radius 3 is 2.89 bits per heavy atom. The molecule has 8 heteroatoms. The number of fused-ring (bicyclic) bond motifs is 1. The van der Waals surface area contributed by atoms with Gasteiger partial charge in [0.05, 0.1) is 42.7 Å². The lowest BCUT2D eigenvalue weighted by atomic mass is 10.1. The second-order valence-corrected chi connectivity index (χ2v) is 7.01. The molecule has 0 radical (unpaired) electrons. The van der Waals surface area contributed by atoms with Crippen molar-refractivity contribution in [1.29, 1.82) is 0 Å². The highest BCUT2D eigenvalue weighted by Crippen LogP contribution is 2.22. The number of nitrogens with one attached hydrogen (secondary N) is 1. The van der Waals surface area contributed by atoms with Crippen molar-refractivity contribution in [3.8, 4) is 5.88 Å². The highest BCUT2D eigenvalue weighted by molar-refractivity contribution is 7.09. The maximum Gasteiger partial charge on any atom is 0.256 e. The van der Waals surface area contributed by atoms with Gasteiger partial charge in [0, 0.05) is 16.6 Å². The van der Waals surface area contributed by atoms with E-state index >= 15 is 0 Å². The van der Waals surface area contributed by atoms with Crippen LogP contribution in [0, 0.1) is 6.92 Å². The second kappa shape index (κ2) is 7.16. The van der Waals surface area contributed by atoms with Crippen molar-refractivity contribution in [2.24, 2.45) is 0 Å². The number of pyridine rings is 2. The molecular formula is C19H17N5O2S. The van der Waals surface area contributed by atoms with Crippen molar-refractivity contribution in [2.75, 3.05) is 12.4 Å². The minimum absolute atomic E-state index is 0.229. The summed E-state index contributed by atoms with van der Waals surface area (Å²) in [6, 6.07) is 9.27. The van der Waals surface area contributed by atoms with E-state index in [0.29, 0.717) is 29.3 Å². The molecule has 1 N–H and O–H groups in total. The minimum atomic E-state index is -0.229. The van der Waals surface area contributed by atoms with Crippen LogP contribution in [-0.4, -0.2) is 32.8 Å². The smallest absolute Gasteiger partial charge is 0.256 e. The molecule has 0 bridgehead atoms. The summed E-state index contributed by atoms with van der Waals surface area (Å²) in [6.07, 6.45) is 3.25. The molecule has 0 fully saturated rings. The number of thiophene rings is 1. The highest BCUT2D eigenvalue weighted by Gasteiger charge is 2.16. The first-order valence-corrected chi connectivity index (χ1v) is 9.19. The molecule has 0 aliphatic rings. The molecule has 0 unspecified atom stereocenters. The van der Waals surface area contributed by atoms with Gasteiger partial charge in [-0.25, -0.2) is 14.6 Å². The van der Waals surface area contributed by atoms with Gasteiger partial charge in [-0.2, -0.15) is 5.10 Å². The summed E-state index contributed by atoms with van der Waals surface area (Å²) in [4.78, 5) is 22.7. The number of hydrogen-bond donors (Lipinski definition) is 1. The largest absolute Gasteiger partial charge is 0.481 e. The van der Waals surface area contributed by atoms with E-state index in [-0.39, 0.29) is 5.91 Å². The Bertz CT molecular complexity index is 1090. The summed E-state index contributed by atoms with van der Waals surface area (Å²) in [5.74, 6) is 0.262. The number of carbonyl (C=O) groups is 1. The Balaban J connectivity index is 1.66. The number of rotatable bonds is 5. The van der Waals surface area contributed by atoms with E-state index in [9.17, 15) is 4.79 Å². The van der Waals surface area contributed by atoms with Crippen molar-refractivity contribution in [3.63, 3.8) is 0 Å². The number of aryl methyl sites for hydroxylation is 1. The Morgan fingerprint density at radius 2 is 2.19 bits per heavy atom. The molecule has 7 nitrogen and oxygen atoms in total. The molecule has 27 heavy (non-hydrogen) atoms. The zero-order valence-corrected chi connectivity index (χ0v) is 15.7. The molecule has 4 aromatic rings. The number of carbonyl (C=O) groups excluding carboxylic acids is 1. The minimum Gasteiger partial charge on any atom is -0.481 e. The maximum atomic E-state index is 12.8. The lowest BCUT2D eigenvalue weighted by Gasteiger charge is -2.08. The van der Waals surface area contributed by atoms with Crippen LogP contribution in [0.4, 0.5) is 5.69 Å². The number of aromatic nitrogens is 4. The van der Waals surface area contributed by atoms with Crippen LogP contribution in [0.15, 0.2) is 48.1 Å². The van der Waals surface area contributed by atoms with Gasteiger partial charge in [0.2, 0.25) is 5.88 Å². The average molecular weight is 379 g/mol. The van der Waals surface area contributed by atoms with Gasteiger partial charge in [0.15, 0.2) is 5.65 Å². The highest BCUT2D eigenvalue weighted by atomic mass is 32.1. The van der Waals surface area contributed by atoms with Gasteiger partial charge < -0.3 is 10.1 Å². The van der Waals surface area contributed by atoms with E-state index in [1.807, 2.05) is 23.1 Å². The van der Waals surface area contributed by atoms with E-state index in [0.717, 1.165) is 11.1 Å². The summed E-state index contributed by atoms with van der Waals surface area (Å²) >= 11 is 1.66. The number of methoxy groups -OCH3 is 1. The topological polar surface area (TPSA) is 81.9 Å². The number of anilines is 1. The molecule has 4 rings (SSSR count). The SMILES string of the molecule is COc1ccc(NC(=O)c2cc(C)nc3c2cnn3Cc2cccs2)cn1.